The average Bonchev–Trinajstić information content (AvgIpc) is 2.46. The predicted octanol–water partition coefficient (Wildman–Crippen LogP) is 1.94. The maximum atomic E-state index is 14.4. The summed E-state index contributed by atoms with van der Waals surface area (Å²) < 4.78 is 29.1. The molecule has 1 aromatic rings. The first-order valence-electron chi connectivity index (χ1n) is 5.70. The fourth-order valence-corrected chi connectivity index (χ4v) is 1.99. The first-order chi connectivity index (χ1) is 9.53. The lowest BCUT2D eigenvalue weighted by Crippen LogP contribution is -2.13. The highest BCUT2D eigenvalue weighted by atomic mass is 19.1. The number of carbonyl (C=O) groups excluding carboxylic acids is 1. The van der Waals surface area contributed by atoms with Crippen molar-refractivity contribution in [1.29, 1.82) is 0 Å². The number of ether oxygens (including phenoxy) is 3. The number of oxime groups is 1. The van der Waals surface area contributed by atoms with Gasteiger partial charge in [0.2, 0.25) is 0 Å². The van der Waals surface area contributed by atoms with E-state index in [2.05, 4.69) is 9.89 Å². The van der Waals surface area contributed by atoms with Gasteiger partial charge in [0.1, 0.15) is 0 Å². The van der Waals surface area contributed by atoms with Crippen molar-refractivity contribution in [1.82, 2.24) is 0 Å². The number of rotatable bonds is 5. The molecule has 0 atom stereocenters. The van der Waals surface area contributed by atoms with Gasteiger partial charge in [0.25, 0.3) is 0 Å². The van der Waals surface area contributed by atoms with Gasteiger partial charge in [0, 0.05) is 23.8 Å². The van der Waals surface area contributed by atoms with E-state index < -0.39 is 11.8 Å². The monoisotopic (exact) mass is 285 g/mol. The minimum atomic E-state index is -0.754. The van der Waals surface area contributed by atoms with Gasteiger partial charge in [-0.3, -0.25) is 0 Å². The van der Waals surface area contributed by atoms with Crippen LogP contribution in [0.3, 0.4) is 0 Å². The number of halogens is 1. The molecule has 0 aliphatic heterocycles. The molecule has 0 aromatic heterocycles. The largest absolute Gasteiger partial charge is 0.492 e. The predicted molar refractivity (Wildman–Crippen MR) is 69.6 cm³/mol. The number of nitrogens with zero attached hydrogens (tertiary/aromatic N) is 1. The van der Waals surface area contributed by atoms with E-state index in [1.807, 2.05) is 0 Å². The van der Waals surface area contributed by atoms with Crippen LogP contribution in [0.5, 0.6) is 11.5 Å². The minimum Gasteiger partial charge on any atom is -0.492 e. The van der Waals surface area contributed by atoms with Crippen molar-refractivity contribution in [3.05, 3.63) is 22.5 Å². The molecule has 1 aromatic carbocycles. The van der Waals surface area contributed by atoms with Gasteiger partial charge in [0.15, 0.2) is 17.3 Å². The Morgan fingerprint density at radius 2 is 1.90 bits per heavy atom. The summed E-state index contributed by atoms with van der Waals surface area (Å²) in [4.78, 5) is 11.8. The molecule has 0 saturated heterocycles. The van der Waals surface area contributed by atoms with E-state index >= 15 is 0 Å². The second kappa shape index (κ2) is 6.74. The van der Waals surface area contributed by atoms with Crippen LogP contribution in [0, 0.1) is 12.7 Å². The molecular formula is C13H16FNO5. The molecule has 6 nitrogen and oxygen atoms in total. The Morgan fingerprint density at radius 3 is 2.35 bits per heavy atom. The number of hydrogen-bond acceptors (Lipinski definition) is 6. The second-order valence-corrected chi connectivity index (χ2v) is 3.85. The Balaban J connectivity index is 3.68. The van der Waals surface area contributed by atoms with Gasteiger partial charge in [-0.25, -0.2) is 9.18 Å². The summed E-state index contributed by atoms with van der Waals surface area (Å²) in [5.74, 6) is -1.45. The van der Waals surface area contributed by atoms with Crippen LogP contribution in [-0.2, 0) is 11.2 Å². The van der Waals surface area contributed by atoms with Crippen molar-refractivity contribution in [3.63, 3.8) is 0 Å². The van der Waals surface area contributed by atoms with Crippen molar-refractivity contribution < 1.29 is 28.6 Å². The lowest BCUT2D eigenvalue weighted by Gasteiger charge is -2.18. The lowest BCUT2D eigenvalue weighted by molar-refractivity contribution is 0.0597. The Hall–Kier alpha value is -2.31. The van der Waals surface area contributed by atoms with Crippen LogP contribution in [0.25, 0.3) is 0 Å². The second-order valence-electron chi connectivity index (χ2n) is 3.85. The van der Waals surface area contributed by atoms with Gasteiger partial charge >= 0.3 is 5.97 Å². The molecule has 0 bridgehead atoms. The van der Waals surface area contributed by atoms with E-state index in [0.717, 1.165) is 6.21 Å². The summed E-state index contributed by atoms with van der Waals surface area (Å²) in [5, 5.41) is 11.3. The zero-order chi connectivity index (χ0) is 15.3. The fourth-order valence-electron chi connectivity index (χ4n) is 1.99. The molecule has 7 heteroatoms. The number of hydrogen-bond donors (Lipinski definition) is 1. The number of esters is 1. The standard InChI is InChI=1S/C13H16FNO5/c1-7-9(13(16)20-4)8(5-6-15-17)10(14)12(19-3)11(7)18-2/h6,17H,5H2,1-4H3/b15-6+. The molecule has 0 aliphatic carbocycles. The van der Waals surface area contributed by atoms with Gasteiger partial charge < -0.3 is 19.4 Å². The molecule has 20 heavy (non-hydrogen) atoms. The smallest absolute Gasteiger partial charge is 0.338 e. The maximum Gasteiger partial charge on any atom is 0.338 e. The van der Waals surface area contributed by atoms with Gasteiger partial charge in [0.05, 0.1) is 26.9 Å². The number of carbonyl (C=O) groups is 1. The number of benzene rings is 1. The minimum absolute atomic E-state index is 0.0183. The van der Waals surface area contributed by atoms with Gasteiger partial charge in [-0.1, -0.05) is 0 Å². The Bertz CT molecular complexity index is 542. The number of methoxy groups -OCH3 is 3. The van der Waals surface area contributed by atoms with Crippen LogP contribution in [0.1, 0.15) is 21.5 Å². The summed E-state index contributed by atoms with van der Waals surface area (Å²) in [6, 6.07) is 0. The summed E-state index contributed by atoms with van der Waals surface area (Å²) >= 11 is 0. The molecule has 110 valence electrons. The lowest BCUT2D eigenvalue weighted by atomic mass is 9.97. The third-order valence-electron chi connectivity index (χ3n) is 2.86. The topological polar surface area (TPSA) is 77.4 Å². The molecule has 0 unspecified atom stereocenters. The highest BCUT2D eigenvalue weighted by molar-refractivity contribution is 5.95. The van der Waals surface area contributed by atoms with Crippen LogP contribution < -0.4 is 9.47 Å². The Morgan fingerprint density at radius 1 is 1.30 bits per heavy atom. The molecule has 0 amide bonds. The van der Waals surface area contributed by atoms with Crippen LogP contribution >= 0.6 is 0 Å². The Kier molecular flexibility index (Phi) is 5.31. The summed E-state index contributed by atoms with van der Waals surface area (Å²) in [6.07, 6.45) is 0.976. The highest BCUT2D eigenvalue weighted by Gasteiger charge is 2.27. The molecule has 0 fully saturated rings. The third kappa shape index (κ3) is 2.66. The Labute approximate surface area is 115 Å². The van der Waals surface area contributed by atoms with Crippen molar-refractivity contribution in [3.8, 4) is 11.5 Å². The summed E-state index contributed by atoms with van der Waals surface area (Å²) in [5.41, 5.74) is 0.436. The highest BCUT2D eigenvalue weighted by Crippen LogP contribution is 2.39. The zero-order valence-electron chi connectivity index (χ0n) is 11.7. The summed E-state index contributed by atoms with van der Waals surface area (Å²) in [6.45, 7) is 1.59. The average molecular weight is 285 g/mol. The van der Waals surface area contributed by atoms with Crippen LogP contribution in [-0.4, -0.2) is 38.7 Å². The molecule has 1 rings (SSSR count). The molecular weight excluding hydrogens is 269 g/mol. The molecule has 0 heterocycles. The van der Waals surface area contributed by atoms with Gasteiger partial charge in [-0.15, -0.1) is 5.16 Å². The third-order valence-corrected chi connectivity index (χ3v) is 2.86. The van der Waals surface area contributed by atoms with E-state index in [4.69, 9.17) is 14.7 Å². The molecule has 0 aliphatic rings. The van der Waals surface area contributed by atoms with E-state index in [1.165, 1.54) is 21.3 Å². The van der Waals surface area contributed by atoms with Gasteiger partial charge in [-0.2, -0.15) is 0 Å². The van der Waals surface area contributed by atoms with Crippen molar-refractivity contribution in [2.45, 2.75) is 13.3 Å². The van der Waals surface area contributed by atoms with Crippen molar-refractivity contribution in [2.75, 3.05) is 21.3 Å². The van der Waals surface area contributed by atoms with Crippen LogP contribution in [0.4, 0.5) is 4.39 Å². The van der Waals surface area contributed by atoms with Crippen molar-refractivity contribution >= 4 is 12.2 Å². The SMILES string of the molecule is COC(=O)c1c(C)c(OC)c(OC)c(F)c1C/C=N/O. The molecule has 0 radical (unpaired) electrons. The van der Waals surface area contributed by atoms with E-state index in [0.29, 0.717) is 5.56 Å². The molecule has 0 saturated carbocycles. The van der Waals surface area contributed by atoms with E-state index in [1.54, 1.807) is 6.92 Å². The molecule has 0 spiro atoms. The normalized spacial score (nSPS) is 10.7. The van der Waals surface area contributed by atoms with E-state index in [9.17, 15) is 9.18 Å². The van der Waals surface area contributed by atoms with Gasteiger partial charge in [-0.05, 0) is 6.92 Å². The van der Waals surface area contributed by atoms with Crippen molar-refractivity contribution in [2.24, 2.45) is 5.16 Å². The summed E-state index contributed by atoms with van der Waals surface area (Å²) in [7, 11) is 3.84. The fraction of sp³-hybridized carbons (Fsp3) is 0.385. The quantitative estimate of drug-likeness (QED) is 0.387. The van der Waals surface area contributed by atoms with Crippen LogP contribution in [0.2, 0.25) is 0 Å². The zero-order valence-corrected chi connectivity index (χ0v) is 11.7. The maximum absolute atomic E-state index is 14.4. The molecule has 1 N–H and O–H groups in total. The first kappa shape index (κ1) is 15.7. The first-order valence-corrected chi connectivity index (χ1v) is 5.70. The van der Waals surface area contributed by atoms with E-state index in [-0.39, 0.29) is 29.0 Å². The van der Waals surface area contributed by atoms with Crippen LogP contribution in [0.15, 0.2) is 5.16 Å².